The first kappa shape index (κ1) is 13.6. The minimum absolute atomic E-state index is 0.00587. The number of aromatic nitrogens is 1. The van der Waals surface area contributed by atoms with Gasteiger partial charge in [-0.1, -0.05) is 6.42 Å². The Morgan fingerprint density at radius 1 is 1.38 bits per heavy atom. The number of carbonyl (C=O) groups is 1. The summed E-state index contributed by atoms with van der Waals surface area (Å²) in [5.74, 6) is 0.895. The summed E-state index contributed by atoms with van der Waals surface area (Å²) in [5.41, 5.74) is 2.94. The van der Waals surface area contributed by atoms with Crippen LogP contribution >= 0.6 is 0 Å². The van der Waals surface area contributed by atoms with Crippen molar-refractivity contribution in [1.29, 1.82) is 5.26 Å². The fourth-order valence-corrected chi connectivity index (χ4v) is 2.87. The van der Waals surface area contributed by atoms with Gasteiger partial charge in [0.2, 0.25) is 0 Å². The Hall–Kier alpha value is -2.35. The van der Waals surface area contributed by atoms with Gasteiger partial charge in [0.05, 0.1) is 0 Å². The van der Waals surface area contributed by atoms with E-state index >= 15 is 0 Å². The lowest BCUT2D eigenvalue weighted by molar-refractivity contribution is -0.122. The van der Waals surface area contributed by atoms with Gasteiger partial charge in [0.25, 0.3) is 5.91 Å². The number of amides is 1. The molecule has 0 aromatic carbocycles. The number of hydrogen-bond donors (Lipinski definition) is 0. The molecule has 1 aromatic rings. The summed E-state index contributed by atoms with van der Waals surface area (Å²) >= 11 is 0. The molecule has 1 saturated heterocycles. The van der Waals surface area contributed by atoms with Crippen molar-refractivity contribution in [2.24, 2.45) is 12.0 Å². The Kier molecular flexibility index (Phi) is 3.38. The number of rotatable bonds is 1. The highest BCUT2D eigenvalue weighted by atomic mass is 16.2. The topological polar surface area (TPSA) is 61.4 Å². The molecule has 0 N–H and O–H groups in total. The van der Waals surface area contributed by atoms with Crippen LogP contribution in [0.25, 0.3) is 6.08 Å². The van der Waals surface area contributed by atoms with Crippen LogP contribution in [0.5, 0.6) is 0 Å². The van der Waals surface area contributed by atoms with Gasteiger partial charge in [-0.2, -0.15) is 5.26 Å². The molecule has 3 rings (SSSR count). The second-order valence-corrected chi connectivity index (χ2v) is 5.57. The third-order valence-corrected chi connectivity index (χ3v) is 4.29. The van der Waals surface area contributed by atoms with E-state index in [1.807, 2.05) is 23.4 Å². The molecule has 5 nitrogen and oxygen atoms in total. The summed E-state index contributed by atoms with van der Waals surface area (Å²) in [4.78, 5) is 18.8. The molecule has 108 valence electrons. The summed E-state index contributed by atoms with van der Waals surface area (Å²) in [5, 5.41) is 9.07. The Bertz CT molecular complexity index is 703. The third kappa shape index (κ3) is 2.27. The average molecular weight is 282 g/mol. The van der Waals surface area contributed by atoms with Crippen LogP contribution in [0.3, 0.4) is 0 Å². The molecular formula is C16H18N4O. The first-order chi connectivity index (χ1) is 10.1. The van der Waals surface area contributed by atoms with Crippen molar-refractivity contribution in [3.8, 4) is 6.07 Å². The first-order valence-electron chi connectivity index (χ1n) is 7.29. The maximum atomic E-state index is 12.4. The summed E-state index contributed by atoms with van der Waals surface area (Å²) < 4.78 is 1.83. The van der Waals surface area contributed by atoms with Gasteiger partial charge >= 0.3 is 0 Å². The van der Waals surface area contributed by atoms with Crippen molar-refractivity contribution in [3.05, 3.63) is 28.7 Å². The molecule has 3 heterocycles. The largest absolute Gasteiger partial charge is 0.339 e. The van der Waals surface area contributed by atoms with Crippen LogP contribution in [0.1, 0.15) is 42.6 Å². The molecule has 2 aliphatic heterocycles. The third-order valence-electron chi connectivity index (χ3n) is 4.29. The molecule has 0 bridgehead atoms. The SMILES string of the molecule is Cc1c(/C=C2/N=C3CCCCCN3C2=O)cc(C#N)n1C. The number of fused-ring (bicyclic) bond motifs is 1. The number of nitriles is 1. The second kappa shape index (κ2) is 5.21. The van der Waals surface area contributed by atoms with E-state index in [0.717, 1.165) is 49.3 Å². The molecule has 21 heavy (non-hydrogen) atoms. The molecule has 2 aliphatic rings. The molecule has 1 fully saturated rings. The number of nitrogens with zero attached hydrogens (tertiary/aromatic N) is 4. The Morgan fingerprint density at radius 3 is 2.90 bits per heavy atom. The van der Waals surface area contributed by atoms with E-state index in [9.17, 15) is 4.79 Å². The average Bonchev–Trinajstić information content (AvgIpc) is 2.81. The highest BCUT2D eigenvalue weighted by Crippen LogP contribution is 2.25. The smallest absolute Gasteiger partial charge is 0.277 e. The van der Waals surface area contributed by atoms with E-state index in [0.29, 0.717) is 11.4 Å². The van der Waals surface area contributed by atoms with Crippen LogP contribution in [0.15, 0.2) is 16.8 Å². The van der Waals surface area contributed by atoms with Gasteiger partial charge in [-0.25, -0.2) is 4.99 Å². The molecule has 0 aliphatic carbocycles. The number of carbonyl (C=O) groups excluding carboxylic acids is 1. The summed E-state index contributed by atoms with van der Waals surface area (Å²) in [7, 11) is 1.85. The van der Waals surface area contributed by atoms with E-state index in [2.05, 4.69) is 11.1 Å². The second-order valence-electron chi connectivity index (χ2n) is 5.57. The van der Waals surface area contributed by atoms with Crippen molar-refractivity contribution >= 4 is 17.8 Å². The zero-order chi connectivity index (χ0) is 15.0. The van der Waals surface area contributed by atoms with Gasteiger partial charge in [0.15, 0.2) is 0 Å². The van der Waals surface area contributed by atoms with Gasteiger partial charge in [0.1, 0.15) is 23.3 Å². The van der Waals surface area contributed by atoms with Gasteiger partial charge in [-0.3, -0.25) is 9.69 Å². The number of amidine groups is 1. The van der Waals surface area contributed by atoms with Crippen LogP contribution in [0.2, 0.25) is 0 Å². The lowest BCUT2D eigenvalue weighted by atomic mass is 10.2. The summed E-state index contributed by atoms with van der Waals surface area (Å²) in [6.45, 7) is 2.71. The predicted molar refractivity (Wildman–Crippen MR) is 80.5 cm³/mol. The van der Waals surface area contributed by atoms with Gasteiger partial charge in [-0.15, -0.1) is 0 Å². The number of hydrogen-bond acceptors (Lipinski definition) is 3. The van der Waals surface area contributed by atoms with Crippen molar-refractivity contribution < 1.29 is 4.79 Å². The molecule has 0 unspecified atom stereocenters. The lowest BCUT2D eigenvalue weighted by Gasteiger charge is -2.13. The molecule has 0 spiro atoms. The van der Waals surface area contributed by atoms with Crippen LogP contribution < -0.4 is 0 Å². The maximum absolute atomic E-state index is 12.4. The Labute approximate surface area is 124 Å². The van der Waals surface area contributed by atoms with E-state index in [-0.39, 0.29) is 5.91 Å². The van der Waals surface area contributed by atoms with Crippen LogP contribution in [0.4, 0.5) is 0 Å². The maximum Gasteiger partial charge on any atom is 0.277 e. The lowest BCUT2D eigenvalue weighted by Crippen LogP contribution is -2.31. The minimum Gasteiger partial charge on any atom is -0.339 e. The molecular weight excluding hydrogens is 264 g/mol. The highest BCUT2D eigenvalue weighted by molar-refractivity contribution is 6.14. The van der Waals surface area contributed by atoms with Crippen LogP contribution in [0, 0.1) is 18.3 Å². The monoisotopic (exact) mass is 282 g/mol. The van der Waals surface area contributed by atoms with E-state index in [1.165, 1.54) is 0 Å². The number of aliphatic imine (C=N–C) groups is 1. The fraction of sp³-hybridized carbons (Fsp3) is 0.438. The standard InChI is InChI=1S/C16H18N4O/c1-11-12(8-13(10-17)19(11)2)9-14-16(21)20-7-5-3-4-6-15(20)18-14/h8-9H,3-7H2,1-2H3/b14-9+. The minimum atomic E-state index is -0.00587. The van der Waals surface area contributed by atoms with Gasteiger partial charge in [-0.05, 0) is 37.5 Å². The summed E-state index contributed by atoms with van der Waals surface area (Å²) in [6, 6.07) is 3.96. The van der Waals surface area contributed by atoms with Crippen LogP contribution in [-0.2, 0) is 11.8 Å². The van der Waals surface area contributed by atoms with Crippen molar-refractivity contribution in [2.45, 2.75) is 32.6 Å². The van der Waals surface area contributed by atoms with E-state index < -0.39 is 0 Å². The molecule has 0 atom stereocenters. The zero-order valence-corrected chi connectivity index (χ0v) is 12.4. The van der Waals surface area contributed by atoms with Gasteiger partial charge in [0, 0.05) is 25.7 Å². The molecule has 1 amide bonds. The first-order valence-corrected chi connectivity index (χ1v) is 7.29. The van der Waals surface area contributed by atoms with Crippen molar-refractivity contribution in [2.75, 3.05) is 6.54 Å². The van der Waals surface area contributed by atoms with Crippen LogP contribution in [-0.4, -0.2) is 27.8 Å². The molecule has 5 heteroatoms. The molecule has 1 aromatic heterocycles. The molecule has 0 saturated carbocycles. The van der Waals surface area contributed by atoms with Crippen molar-refractivity contribution in [3.63, 3.8) is 0 Å². The van der Waals surface area contributed by atoms with E-state index in [4.69, 9.17) is 5.26 Å². The van der Waals surface area contributed by atoms with Gasteiger partial charge < -0.3 is 4.57 Å². The fourth-order valence-electron chi connectivity index (χ4n) is 2.87. The van der Waals surface area contributed by atoms with E-state index in [1.54, 1.807) is 12.1 Å². The zero-order valence-electron chi connectivity index (χ0n) is 12.4. The Morgan fingerprint density at radius 2 is 2.19 bits per heavy atom. The molecule has 0 radical (unpaired) electrons. The van der Waals surface area contributed by atoms with Crippen molar-refractivity contribution in [1.82, 2.24) is 9.47 Å². The summed E-state index contributed by atoms with van der Waals surface area (Å²) in [6.07, 6.45) is 5.98. The quantitative estimate of drug-likeness (QED) is 0.742. The highest BCUT2D eigenvalue weighted by Gasteiger charge is 2.30. The Balaban J connectivity index is 1.98. The predicted octanol–water partition coefficient (Wildman–Crippen LogP) is 2.36. The normalized spacial score (nSPS) is 20.2.